The van der Waals surface area contributed by atoms with Crippen molar-refractivity contribution >= 4 is 22.7 Å². The van der Waals surface area contributed by atoms with Gasteiger partial charge in [0.05, 0.1) is 23.0 Å². The smallest absolute Gasteiger partial charge is 0.156 e. The summed E-state index contributed by atoms with van der Waals surface area (Å²) in [5, 5.41) is 22.3. The molecule has 0 atom stereocenters. The number of thiophene rings is 2. The fourth-order valence-electron chi connectivity index (χ4n) is 1.95. The highest BCUT2D eigenvalue weighted by atomic mass is 32.1. The van der Waals surface area contributed by atoms with E-state index in [9.17, 15) is 10.5 Å². The summed E-state index contributed by atoms with van der Waals surface area (Å²) < 4.78 is 11.8. The SMILES string of the molecule is CC(C)COc1c(C#N)csc1-c1scc(C#N)c1OCC(C)C. The molecule has 0 unspecified atom stereocenters. The minimum absolute atomic E-state index is 0.360. The van der Waals surface area contributed by atoms with Crippen LogP contribution in [0.4, 0.5) is 0 Å². The number of ether oxygens (including phenoxy) is 2. The van der Waals surface area contributed by atoms with Gasteiger partial charge in [0.2, 0.25) is 0 Å². The topological polar surface area (TPSA) is 66.0 Å². The zero-order valence-corrected chi connectivity index (χ0v) is 15.9. The van der Waals surface area contributed by atoms with Crippen LogP contribution in [0.1, 0.15) is 38.8 Å². The quantitative estimate of drug-likeness (QED) is 0.673. The van der Waals surface area contributed by atoms with Crippen LogP contribution in [-0.4, -0.2) is 13.2 Å². The molecule has 0 aliphatic rings. The van der Waals surface area contributed by atoms with E-state index in [0.29, 0.717) is 47.7 Å². The lowest BCUT2D eigenvalue weighted by Crippen LogP contribution is -2.06. The van der Waals surface area contributed by atoms with E-state index in [-0.39, 0.29) is 0 Å². The van der Waals surface area contributed by atoms with E-state index >= 15 is 0 Å². The van der Waals surface area contributed by atoms with Gasteiger partial charge in [-0.1, -0.05) is 27.7 Å². The maximum atomic E-state index is 9.34. The van der Waals surface area contributed by atoms with Crippen molar-refractivity contribution in [1.82, 2.24) is 0 Å². The van der Waals surface area contributed by atoms with Crippen molar-refractivity contribution in [2.75, 3.05) is 13.2 Å². The first-order valence-corrected chi connectivity index (χ1v) is 9.53. The molecule has 24 heavy (non-hydrogen) atoms. The Kier molecular flexibility index (Phi) is 6.25. The first-order chi connectivity index (χ1) is 11.5. The second kappa shape index (κ2) is 8.19. The number of nitrogens with zero attached hydrogens (tertiary/aromatic N) is 2. The Balaban J connectivity index is 2.45. The van der Waals surface area contributed by atoms with Crippen LogP contribution in [0.15, 0.2) is 10.8 Å². The molecule has 4 nitrogen and oxygen atoms in total. The average molecular weight is 361 g/mol. The van der Waals surface area contributed by atoms with Crippen molar-refractivity contribution in [2.45, 2.75) is 27.7 Å². The van der Waals surface area contributed by atoms with Gasteiger partial charge in [-0.2, -0.15) is 10.5 Å². The number of rotatable bonds is 7. The normalized spacial score (nSPS) is 10.7. The summed E-state index contributed by atoms with van der Waals surface area (Å²) in [7, 11) is 0. The maximum Gasteiger partial charge on any atom is 0.156 e. The Morgan fingerprint density at radius 1 is 0.833 bits per heavy atom. The predicted molar refractivity (Wildman–Crippen MR) is 97.7 cm³/mol. The van der Waals surface area contributed by atoms with E-state index in [4.69, 9.17) is 9.47 Å². The third-order valence-electron chi connectivity index (χ3n) is 3.06. The minimum Gasteiger partial charge on any atom is -0.490 e. The molecule has 0 amide bonds. The molecular formula is C18H20N2O2S2. The maximum absolute atomic E-state index is 9.34. The summed E-state index contributed by atoms with van der Waals surface area (Å²) in [5.41, 5.74) is 1.05. The minimum atomic E-state index is 0.360. The second-order valence-corrected chi connectivity index (χ2v) is 8.01. The number of hydrogen-bond donors (Lipinski definition) is 0. The van der Waals surface area contributed by atoms with Gasteiger partial charge in [0, 0.05) is 10.8 Å². The molecule has 0 saturated heterocycles. The van der Waals surface area contributed by atoms with Gasteiger partial charge >= 0.3 is 0 Å². The van der Waals surface area contributed by atoms with E-state index in [1.54, 1.807) is 10.8 Å². The zero-order chi connectivity index (χ0) is 17.7. The predicted octanol–water partition coefficient (Wildman–Crippen LogP) is 5.29. The second-order valence-electron chi connectivity index (χ2n) is 6.25. The highest BCUT2D eigenvalue weighted by molar-refractivity contribution is 7.21. The molecule has 0 radical (unpaired) electrons. The Hall–Kier alpha value is -2.02. The van der Waals surface area contributed by atoms with Gasteiger partial charge in [-0.25, -0.2) is 0 Å². The molecule has 2 rings (SSSR count). The van der Waals surface area contributed by atoms with Crippen LogP contribution >= 0.6 is 22.7 Å². The molecule has 0 aliphatic carbocycles. The van der Waals surface area contributed by atoms with Crippen LogP contribution in [-0.2, 0) is 0 Å². The van der Waals surface area contributed by atoms with Crippen molar-refractivity contribution in [2.24, 2.45) is 11.8 Å². The van der Waals surface area contributed by atoms with E-state index in [1.807, 2.05) is 0 Å². The molecule has 0 fully saturated rings. The van der Waals surface area contributed by atoms with Crippen LogP contribution in [0.25, 0.3) is 9.75 Å². The van der Waals surface area contributed by atoms with Gasteiger partial charge in [-0.3, -0.25) is 0 Å². The molecule has 2 aromatic heterocycles. The van der Waals surface area contributed by atoms with Crippen molar-refractivity contribution < 1.29 is 9.47 Å². The van der Waals surface area contributed by atoms with Gasteiger partial charge in [0.15, 0.2) is 11.5 Å². The van der Waals surface area contributed by atoms with Gasteiger partial charge in [-0.15, -0.1) is 22.7 Å². The molecule has 2 aromatic rings. The van der Waals surface area contributed by atoms with Gasteiger partial charge in [0.25, 0.3) is 0 Å². The standard InChI is InChI=1S/C18H20N2O2S2/c1-11(2)7-21-15-13(5-19)9-23-17(15)18-16(22-8-12(3)4)14(6-20)10-24-18/h9-12H,7-8H2,1-4H3. The van der Waals surface area contributed by atoms with Gasteiger partial charge in [-0.05, 0) is 11.8 Å². The van der Waals surface area contributed by atoms with Crippen LogP contribution in [0.3, 0.4) is 0 Å². The molecular weight excluding hydrogens is 340 g/mol. The number of hydrogen-bond acceptors (Lipinski definition) is 6. The van der Waals surface area contributed by atoms with Crippen molar-refractivity contribution in [1.29, 1.82) is 10.5 Å². The lowest BCUT2D eigenvalue weighted by molar-refractivity contribution is 0.269. The zero-order valence-electron chi connectivity index (χ0n) is 14.3. The molecule has 0 bridgehead atoms. The molecule has 2 heterocycles. The first kappa shape index (κ1) is 18.3. The molecule has 0 saturated carbocycles. The van der Waals surface area contributed by atoms with Crippen molar-refractivity contribution in [3.05, 3.63) is 21.9 Å². The van der Waals surface area contributed by atoms with Gasteiger partial charge in [0.1, 0.15) is 23.3 Å². The lowest BCUT2D eigenvalue weighted by atomic mass is 10.2. The van der Waals surface area contributed by atoms with E-state index < -0.39 is 0 Å². The Morgan fingerprint density at radius 3 is 1.50 bits per heavy atom. The summed E-state index contributed by atoms with van der Waals surface area (Å²) in [6.45, 7) is 9.33. The van der Waals surface area contributed by atoms with Crippen LogP contribution < -0.4 is 9.47 Å². The third kappa shape index (κ3) is 4.08. The molecule has 0 N–H and O–H groups in total. The summed E-state index contributed by atoms with van der Waals surface area (Å²) >= 11 is 2.90. The number of nitriles is 2. The van der Waals surface area contributed by atoms with E-state index in [2.05, 4.69) is 39.8 Å². The van der Waals surface area contributed by atoms with E-state index in [0.717, 1.165) is 9.75 Å². The lowest BCUT2D eigenvalue weighted by Gasteiger charge is -2.12. The highest BCUT2D eigenvalue weighted by Crippen LogP contribution is 2.47. The third-order valence-corrected chi connectivity index (χ3v) is 5.15. The summed E-state index contributed by atoms with van der Waals surface area (Å²) in [6.07, 6.45) is 0. The fourth-order valence-corrected chi connectivity index (χ4v) is 3.98. The molecule has 0 aliphatic heterocycles. The summed E-state index contributed by atoms with van der Waals surface area (Å²) in [5.74, 6) is 1.91. The fraction of sp³-hybridized carbons (Fsp3) is 0.444. The van der Waals surface area contributed by atoms with E-state index in [1.165, 1.54) is 22.7 Å². The monoisotopic (exact) mass is 360 g/mol. The first-order valence-electron chi connectivity index (χ1n) is 7.77. The molecule has 0 aromatic carbocycles. The Bertz CT molecular complexity index is 710. The van der Waals surface area contributed by atoms with Gasteiger partial charge < -0.3 is 9.47 Å². The van der Waals surface area contributed by atoms with Crippen molar-refractivity contribution in [3.8, 4) is 33.4 Å². The molecule has 6 heteroatoms. The molecule has 0 spiro atoms. The van der Waals surface area contributed by atoms with Crippen LogP contribution in [0, 0.1) is 34.5 Å². The highest BCUT2D eigenvalue weighted by Gasteiger charge is 2.23. The average Bonchev–Trinajstić information content (AvgIpc) is 3.13. The summed E-state index contributed by atoms with van der Waals surface area (Å²) in [4.78, 5) is 1.72. The van der Waals surface area contributed by atoms with Crippen LogP contribution in [0.2, 0.25) is 0 Å². The van der Waals surface area contributed by atoms with Crippen LogP contribution in [0.5, 0.6) is 11.5 Å². The Morgan fingerprint density at radius 2 is 1.21 bits per heavy atom. The largest absolute Gasteiger partial charge is 0.490 e. The Labute approximate surface area is 150 Å². The summed E-state index contributed by atoms with van der Waals surface area (Å²) in [6, 6.07) is 4.37. The molecule has 126 valence electrons. The van der Waals surface area contributed by atoms with Crippen molar-refractivity contribution in [3.63, 3.8) is 0 Å².